The van der Waals surface area contributed by atoms with Crippen LogP contribution in [-0.4, -0.2) is 70.7 Å². The van der Waals surface area contributed by atoms with Crippen LogP contribution in [0.3, 0.4) is 0 Å². The summed E-state index contributed by atoms with van der Waals surface area (Å²) in [6.07, 6.45) is -0.549. The average Bonchev–Trinajstić information content (AvgIpc) is 2.86. The van der Waals surface area contributed by atoms with Gasteiger partial charge < -0.3 is 25.7 Å². The van der Waals surface area contributed by atoms with Gasteiger partial charge in [0.2, 0.25) is 5.91 Å². The van der Waals surface area contributed by atoms with Crippen LogP contribution in [0.5, 0.6) is 0 Å². The first-order chi connectivity index (χ1) is 18.9. The van der Waals surface area contributed by atoms with Gasteiger partial charge in [-0.05, 0) is 81.0 Å². The number of nitrogens with zero attached hydrogens (tertiary/aromatic N) is 1. The maximum absolute atomic E-state index is 13.8. The molecule has 2 aromatic carbocycles. The van der Waals surface area contributed by atoms with Crippen LogP contribution in [0.25, 0.3) is 0 Å². The number of amides is 3. The Labute approximate surface area is 234 Å². The summed E-state index contributed by atoms with van der Waals surface area (Å²) in [7, 11) is 0. The van der Waals surface area contributed by atoms with E-state index in [1.54, 1.807) is 24.0 Å². The first-order valence-electron chi connectivity index (χ1n) is 13.7. The van der Waals surface area contributed by atoms with Gasteiger partial charge in [0.25, 0.3) is 11.8 Å². The average molecular weight is 562 g/mol. The SMILES string of the molecule is CCCN(CCC)C(=O)c1cc(C)cc(C(=O)N[C@@H](Cc2cc(F)cc(F)c2)[C@@H](O)CCNC(=O)CC(C)O)c1. The number of hydrogen-bond acceptors (Lipinski definition) is 5. The lowest BCUT2D eigenvalue weighted by Crippen LogP contribution is -2.46. The van der Waals surface area contributed by atoms with Gasteiger partial charge in [0, 0.05) is 36.8 Å². The van der Waals surface area contributed by atoms with Crippen LogP contribution in [0.15, 0.2) is 36.4 Å². The molecule has 0 aromatic heterocycles. The van der Waals surface area contributed by atoms with E-state index in [0.29, 0.717) is 24.2 Å². The van der Waals surface area contributed by atoms with Crippen LogP contribution in [-0.2, 0) is 11.2 Å². The Kier molecular flexibility index (Phi) is 13.2. The molecule has 4 N–H and O–H groups in total. The number of benzene rings is 2. The largest absolute Gasteiger partial charge is 0.393 e. The molecule has 0 saturated heterocycles. The van der Waals surface area contributed by atoms with Crippen molar-refractivity contribution < 1.29 is 33.4 Å². The summed E-state index contributed by atoms with van der Waals surface area (Å²) in [5.41, 5.74) is 1.52. The maximum Gasteiger partial charge on any atom is 0.253 e. The van der Waals surface area contributed by atoms with Gasteiger partial charge in [0.05, 0.1) is 24.7 Å². The van der Waals surface area contributed by atoms with Crippen molar-refractivity contribution in [2.75, 3.05) is 19.6 Å². The van der Waals surface area contributed by atoms with Crippen molar-refractivity contribution in [2.45, 2.75) is 78.0 Å². The zero-order chi connectivity index (χ0) is 29.8. The lowest BCUT2D eigenvalue weighted by Gasteiger charge is -2.25. The molecule has 0 fully saturated rings. The summed E-state index contributed by atoms with van der Waals surface area (Å²) in [6, 6.07) is 6.87. The first kappa shape index (κ1) is 32.8. The van der Waals surface area contributed by atoms with Gasteiger partial charge in [-0.25, -0.2) is 8.78 Å². The van der Waals surface area contributed by atoms with E-state index in [1.165, 1.54) is 13.0 Å². The molecule has 1 unspecified atom stereocenters. The molecule has 0 aliphatic carbocycles. The van der Waals surface area contributed by atoms with Gasteiger partial charge >= 0.3 is 0 Å². The Balaban J connectivity index is 2.26. The van der Waals surface area contributed by atoms with Crippen LogP contribution in [0.1, 0.15) is 78.3 Å². The highest BCUT2D eigenvalue weighted by atomic mass is 19.1. The zero-order valence-corrected chi connectivity index (χ0v) is 23.7. The third kappa shape index (κ3) is 10.7. The van der Waals surface area contributed by atoms with Crippen molar-refractivity contribution >= 4 is 17.7 Å². The third-order valence-corrected chi connectivity index (χ3v) is 6.26. The topological polar surface area (TPSA) is 119 Å². The monoisotopic (exact) mass is 561 g/mol. The van der Waals surface area contributed by atoms with Gasteiger partial charge in [-0.3, -0.25) is 14.4 Å². The number of halogens is 2. The fourth-order valence-corrected chi connectivity index (χ4v) is 4.49. The fourth-order valence-electron chi connectivity index (χ4n) is 4.49. The van der Waals surface area contributed by atoms with Crippen LogP contribution < -0.4 is 10.6 Å². The van der Waals surface area contributed by atoms with Gasteiger partial charge in [-0.15, -0.1) is 0 Å². The Hall–Kier alpha value is -3.37. The number of nitrogens with one attached hydrogen (secondary N) is 2. The Morgan fingerprint density at radius 3 is 2.10 bits per heavy atom. The smallest absolute Gasteiger partial charge is 0.253 e. The zero-order valence-electron chi connectivity index (χ0n) is 23.7. The van der Waals surface area contributed by atoms with Crippen LogP contribution in [0.4, 0.5) is 8.78 Å². The molecule has 0 bridgehead atoms. The van der Waals surface area contributed by atoms with E-state index in [9.17, 15) is 33.4 Å². The van der Waals surface area contributed by atoms with E-state index < -0.39 is 41.7 Å². The minimum atomic E-state index is -1.18. The van der Waals surface area contributed by atoms with Crippen LogP contribution >= 0.6 is 0 Å². The molecular formula is C30H41F2N3O5. The van der Waals surface area contributed by atoms with Crippen molar-refractivity contribution in [2.24, 2.45) is 0 Å². The number of aliphatic hydroxyl groups is 2. The molecule has 0 saturated carbocycles. The highest BCUT2D eigenvalue weighted by Crippen LogP contribution is 2.16. The van der Waals surface area contributed by atoms with E-state index >= 15 is 0 Å². The maximum atomic E-state index is 13.8. The highest BCUT2D eigenvalue weighted by molar-refractivity contribution is 6.00. The second-order valence-electron chi connectivity index (χ2n) is 10.2. The van der Waals surface area contributed by atoms with E-state index in [4.69, 9.17) is 0 Å². The summed E-state index contributed by atoms with van der Waals surface area (Å²) in [5.74, 6) is -2.71. The molecule has 0 aliphatic heterocycles. The Morgan fingerprint density at radius 2 is 1.52 bits per heavy atom. The van der Waals surface area contributed by atoms with E-state index in [-0.39, 0.29) is 42.8 Å². The molecule has 0 radical (unpaired) electrons. The fraction of sp³-hybridized carbons (Fsp3) is 0.500. The molecule has 0 aliphatic rings. The minimum absolute atomic E-state index is 0.0366. The standard InChI is InChI=1S/C30H41F2N3O5/c1-5-9-35(10-6-2)30(40)23-12-19(3)11-22(17-23)29(39)34-26(16-21-14-24(31)18-25(32)15-21)27(37)7-8-33-28(38)13-20(4)36/h11-12,14-15,17-18,20,26-27,36-37H,5-10,13,16H2,1-4H3,(H,33,38)(H,34,39)/t20?,26-,27-/m0/s1. The lowest BCUT2D eigenvalue weighted by atomic mass is 9.97. The normalized spacial score (nSPS) is 13.3. The number of carbonyl (C=O) groups excluding carboxylic acids is 3. The molecule has 3 amide bonds. The molecule has 0 heterocycles. The quantitative estimate of drug-likeness (QED) is 0.265. The predicted molar refractivity (Wildman–Crippen MR) is 149 cm³/mol. The number of rotatable bonds is 15. The molecule has 8 nitrogen and oxygen atoms in total. The molecule has 3 atom stereocenters. The predicted octanol–water partition coefficient (Wildman–Crippen LogP) is 3.51. The molecule has 40 heavy (non-hydrogen) atoms. The molecular weight excluding hydrogens is 520 g/mol. The number of aliphatic hydroxyl groups excluding tert-OH is 2. The van der Waals surface area contributed by atoms with E-state index in [0.717, 1.165) is 31.0 Å². The van der Waals surface area contributed by atoms with Crippen molar-refractivity contribution in [1.29, 1.82) is 0 Å². The van der Waals surface area contributed by atoms with Crippen molar-refractivity contribution in [3.05, 3.63) is 70.3 Å². The van der Waals surface area contributed by atoms with Gasteiger partial charge in [0.15, 0.2) is 0 Å². The summed E-state index contributed by atoms with van der Waals surface area (Å²) < 4.78 is 27.7. The second-order valence-corrected chi connectivity index (χ2v) is 10.2. The molecule has 2 rings (SSSR count). The number of aryl methyl sites for hydroxylation is 1. The molecule has 0 spiro atoms. The van der Waals surface area contributed by atoms with E-state index in [2.05, 4.69) is 10.6 Å². The van der Waals surface area contributed by atoms with E-state index in [1.807, 2.05) is 13.8 Å². The minimum Gasteiger partial charge on any atom is -0.393 e. The Bertz CT molecular complexity index is 1130. The summed E-state index contributed by atoms with van der Waals surface area (Å²) >= 11 is 0. The lowest BCUT2D eigenvalue weighted by molar-refractivity contribution is -0.122. The summed E-state index contributed by atoms with van der Waals surface area (Å²) in [6.45, 7) is 8.47. The summed E-state index contributed by atoms with van der Waals surface area (Å²) in [5, 5.41) is 25.6. The van der Waals surface area contributed by atoms with Crippen molar-refractivity contribution in [3.8, 4) is 0 Å². The summed E-state index contributed by atoms with van der Waals surface area (Å²) in [4.78, 5) is 40.1. The van der Waals surface area contributed by atoms with Gasteiger partial charge in [-0.2, -0.15) is 0 Å². The van der Waals surface area contributed by atoms with Crippen LogP contribution in [0.2, 0.25) is 0 Å². The first-order valence-corrected chi connectivity index (χ1v) is 13.7. The molecule has 2 aromatic rings. The Morgan fingerprint density at radius 1 is 0.925 bits per heavy atom. The van der Waals surface area contributed by atoms with Crippen molar-refractivity contribution in [3.63, 3.8) is 0 Å². The molecule has 10 heteroatoms. The number of hydrogen-bond donors (Lipinski definition) is 4. The second kappa shape index (κ2) is 16.0. The number of carbonyl (C=O) groups is 3. The third-order valence-electron chi connectivity index (χ3n) is 6.26. The van der Waals surface area contributed by atoms with Crippen LogP contribution in [0, 0.1) is 18.6 Å². The van der Waals surface area contributed by atoms with Gasteiger partial charge in [0.1, 0.15) is 11.6 Å². The molecule has 220 valence electrons. The highest BCUT2D eigenvalue weighted by Gasteiger charge is 2.24. The van der Waals surface area contributed by atoms with Gasteiger partial charge in [-0.1, -0.05) is 13.8 Å². The van der Waals surface area contributed by atoms with Crippen molar-refractivity contribution in [1.82, 2.24) is 15.5 Å².